The predicted octanol–water partition coefficient (Wildman–Crippen LogP) is 1.56. The largest absolute Gasteiger partial charge is 0.309 e. The lowest BCUT2D eigenvalue weighted by Gasteiger charge is -2.04. The number of nitrogens with one attached hydrogen (secondary N) is 2. The van der Waals surface area contributed by atoms with Crippen LogP contribution in [0.25, 0.3) is 0 Å². The summed E-state index contributed by atoms with van der Waals surface area (Å²) in [5.74, 6) is 0.524. The molecule has 0 atom stereocenters. The molecule has 0 aliphatic rings. The Morgan fingerprint density at radius 2 is 2.00 bits per heavy atom. The minimum absolute atomic E-state index is 0.0752. The molecule has 0 saturated carbocycles. The van der Waals surface area contributed by atoms with E-state index in [-0.39, 0.29) is 5.91 Å². The van der Waals surface area contributed by atoms with Crippen LogP contribution in [0.3, 0.4) is 0 Å². The third-order valence-electron chi connectivity index (χ3n) is 3.51. The van der Waals surface area contributed by atoms with Crippen molar-refractivity contribution in [2.24, 2.45) is 7.05 Å². The van der Waals surface area contributed by atoms with Crippen LogP contribution in [0.15, 0.2) is 0 Å². The number of carbonyl (C=O) groups excluding carboxylic acids is 1. The fourth-order valence-corrected chi connectivity index (χ4v) is 2.02. The van der Waals surface area contributed by atoms with Crippen LogP contribution in [-0.2, 0) is 18.3 Å². The number of aromatic amines is 1. The standard InChI is InChI=1S/C13H19N5O/c1-7-8(2)15-16-13(7)14-12(19)6-11-9(3)17-18(5)10(11)4/h6H2,1-5H3,(H2,14,15,16,19). The molecule has 0 bridgehead atoms. The molecule has 19 heavy (non-hydrogen) atoms. The predicted molar refractivity (Wildman–Crippen MR) is 73.1 cm³/mol. The summed E-state index contributed by atoms with van der Waals surface area (Å²) in [4.78, 5) is 12.1. The lowest BCUT2D eigenvalue weighted by molar-refractivity contribution is -0.115. The fraction of sp³-hybridized carbons (Fsp3) is 0.462. The number of carbonyl (C=O) groups is 1. The zero-order valence-electron chi connectivity index (χ0n) is 12.0. The maximum Gasteiger partial charge on any atom is 0.230 e. The molecule has 2 aromatic rings. The molecule has 1 amide bonds. The van der Waals surface area contributed by atoms with Crippen molar-refractivity contribution < 1.29 is 4.79 Å². The van der Waals surface area contributed by atoms with Crippen molar-refractivity contribution in [3.8, 4) is 0 Å². The molecule has 0 aliphatic carbocycles. The summed E-state index contributed by atoms with van der Waals surface area (Å²) in [5.41, 5.74) is 4.81. The van der Waals surface area contributed by atoms with E-state index >= 15 is 0 Å². The molecular formula is C13H19N5O. The van der Waals surface area contributed by atoms with Crippen molar-refractivity contribution in [2.75, 3.05) is 5.32 Å². The maximum absolute atomic E-state index is 12.1. The topological polar surface area (TPSA) is 75.6 Å². The van der Waals surface area contributed by atoms with Gasteiger partial charge in [0, 0.05) is 29.6 Å². The second kappa shape index (κ2) is 4.87. The second-order valence-corrected chi connectivity index (χ2v) is 4.82. The summed E-state index contributed by atoms with van der Waals surface area (Å²) < 4.78 is 1.79. The highest BCUT2D eigenvalue weighted by Crippen LogP contribution is 2.16. The summed E-state index contributed by atoms with van der Waals surface area (Å²) in [6.07, 6.45) is 0.316. The van der Waals surface area contributed by atoms with Gasteiger partial charge in [0.25, 0.3) is 0 Å². The van der Waals surface area contributed by atoms with E-state index in [1.807, 2.05) is 34.7 Å². The second-order valence-electron chi connectivity index (χ2n) is 4.82. The van der Waals surface area contributed by atoms with Gasteiger partial charge in [-0.2, -0.15) is 10.2 Å². The van der Waals surface area contributed by atoms with E-state index in [0.29, 0.717) is 12.2 Å². The molecule has 0 fully saturated rings. The minimum atomic E-state index is -0.0752. The van der Waals surface area contributed by atoms with E-state index in [2.05, 4.69) is 20.6 Å². The van der Waals surface area contributed by atoms with Gasteiger partial charge in [0.15, 0.2) is 5.82 Å². The summed E-state index contributed by atoms with van der Waals surface area (Å²) in [5, 5.41) is 14.1. The van der Waals surface area contributed by atoms with Crippen molar-refractivity contribution in [1.29, 1.82) is 0 Å². The Morgan fingerprint density at radius 3 is 2.47 bits per heavy atom. The van der Waals surface area contributed by atoms with E-state index < -0.39 is 0 Å². The molecule has 0 aromatic carbocycles. The van der Waals surface area contributed by atoms with Gasteiger partial charge in [0.1, 0.15) is 0 Å². The molecule has 102 valence electrons. The average Bonchev–Trinajstić information content (AvgIpc) is 2.77. The van der Waals surface area contributed by atoms with Crippen LogP contribution in [0.5, 0.6) is 0 Å². The smallest absolute Gasteiger partial charge is 0.230 e. The van der Waals surface area contributed by atoms with Gasteiger partial charge < -0.3 is 5.32 Å². The van der Waals surface area contributed by atoms with Crippen molar-refractivity contribution in [2.45, 2.75) is 34.1 Å². The third kappa shape index (κ3) is 2.52. The molecule has 0 spiro atoms. The van der Waals surface area contributed by atoms with Crippen molar-refractivity contribution in [3.05, 3.63) is 28.2 Å². The van der Waals surface area contributed by atoms with Crippen LogP contribution in [0.4, 0.5) is 5.82 Å². The number of anilines is 1. The number of amides is 1. The van der Waals surface area contributed by atoms with Gasteiger partial charge in [-0.15, -0.1) is 0 Å². The molecule has 0 radical (unpaired) electrons. The number of aromatic nitrogens is 4. The first kappa shape index (κ1) is 13.3. The quantitative estimate of drug-likeness (QED) is 0.880. The van der Waals surface area contributed by atoms with Gasteiger partial charge >= 0.3 is 0 Å². The fourth-order valence-electron chi connectivity index (χ4n) is 2.02. The minimum Gasteiger partial charge on any atom is -0.309 e. The van der Waals surface area contributed by atoms with E-state index in [1.54, 1.807) is 4.68 Å². The summed E-state index contributed by atoms with van der Waals surface area (Å²) in [6.45, 7) is 7.73. The molecule has 0 saturated heterocycles. The Labute approximate surface area is 112 Å². The van der Waals surface area contributed by atoms with E-state index in [0.717, 1.165) is 28.2 Å². The Bertz CT molecular complexity index is 623. The molecule has 2 heterocycles. The van der Waals surface area contributed by atoms with Gasteiger partial charge in [-0.3, -0.25) is 14.6 Å². The molecule has 6 nitrogen and oxygen atoms in total. The summed E-state index contributed by atoms with van der Waals surface area (Å²) in [7, 11) is 1.88. The van der Waals surface area contributed by atoms with Crippen LogP contribution < -0.4 is 5.32 Å². The maximum atomic E-state index is 12.1. The highest BCUT2D eigenvalue weighted by atomic mass is 16.1. The van der Waals surface area contributed by atoms with E-state index in [4.69, 9.17) is 0 Å². The van der Waals surface area contributed by atoms with E-state index in [9.17, 15) is 4.79 Å². The third-order valence-corrected chi connectivity index (χ3v) is 3.51. The van der Waals surface area contributed by atoms with Crippen LogP contribution in [0, 0.1) is 27.7 Å². The molecule has 6 heteroatoms. The van der Waals surface area contributed by atoms with Crippen molar-refractivity contribution >= 4 is 11.7 Å². The first-order valence-corrected chi connectivity index (χ1v) is 6.20. The van der Waals surface area contributed by atoms with Crippen LogP contribution in [-0.4, -0.2) is 25.9 Å². The van der Waals surface area contributed by atoms with Gasteiger partial charge in [0.05, 0.1) is 12.1 Å². The first-order chi connectivity index (χ1) is 8.90. The highest BCUT2D eigenvalue weighted by molar-refractivity contribution is 5.92. The SMILES string of the molecule is Cc1nn(C)c(C)c1CC(=O)Nc1n[nH]c(C)c1C. The summed E-state index contributed by atoms with van der Waals surface area (Å²) >= 11 is 0. The Hall–Kier alpha value is -2.11. The number of hydrogen-bond donors (Lipinski definition) is 2. The van der Waals surface area contributed by atoms with E-state index in [1.165, 1.54) is 0 Å². The number of rotatable bonds is 3. The number of aryl methyl sites for hydroxylation is 3. The van der Waals surface area contributed by atoms with Gasteiger partial charge in [-0.25, -0.2) is 0 Å². The molecule has 2 aromatic heterocycles. The normalized spacial score (nSPS) is 10.8. The molecule has 0 aliphatic heterocycles. The zero-order valence-corrected chi connectivity index (χ0v) is 12.0. The van der Waals surface area contributed by atoms with Crippen LogP contribution in [0.2, 0.25) is 0 Å². The van der Waals surface area contributed by atoms with Gasteiger partial charge in [-0.05, 0) is 27.7 Å². The van der Waals surface area contributed by atoms with Crippen LogP contribution >= 0.6 is 0 Å². The Balaban J connectivity index is 2.12. The van der Waals surface area contributed by atoms with Crippen molar-refractivity contribution in [1.82, 2.24) is 20.0 Å². The van der Waals surface area contributed by atoms with Gasteiger partial charge in [-0.1, -0.05) is 0 Å². The van der Waals surface area contributed by atoms with Gasteiger partial charge in [0.2, 0.25) is 5.91 Å². The average molecular weight is 261 g/mol. The van der Waals surface area contributed by atoms with Crippen LogP contribution in [0.1, 0.15) is 28.2 Å². The lowest BCUT2D eigenvalue weighted by atomic mass is 10.1. The zero-order chi connectivity index (χ0) is 14.2. The highest BCUT2D eigenvalue weighted by Gasteiger charge is 2.15. The molecule has 2 rings (SSSR count). The first-order valence-electron chi connectivity index (χ1n) is 6.20. The molecule has 2 N–H and O–H groups in total. The molecular weight excluding hydrogens is 242 g/mol. The Kier molecular flexibility index (Phi) is 3.42. The number of H-pyrrole nitrogens is 1. The summed E-state index contributed by atoms with van der Waals surface area (Å²) in [6, 6.07) is 0. The number of hydrogen-bond acceptors (Lipinski definition) is 3. The Morgan fingerprint density at radius 1 is 1.32 bits per heavy atom. The monoisotopic (exact) mass is 261 g/mol. The van der Waals surface area contributed by atoms with Crippen molar-refractivity contribution in [3.63, 3.8) is 0 Å². The molecule has 0 unspecified atom stereocenters. The lowest BCUT2D eigenvalue weighted by Crippen LogP contribution is -2.16. The number of nitrogens with zero attached hydrogens (tertiary/aromatic N) is 3.